The summed E-state index contributed by atoms with van der Waals surface area (Å²) in [7, 11) is 0. The van der Waals surface area contributed by atoms with Crippen LogP contribution in [0.4, 0.5) is 5.69 Å². The number of rotatable bonds is 5. The molecule has 1 heterocycles. The molecule has 3 heteroatoms. The fourth-order valence-electron chi connectivity index (χ4n) is 2.16. The maximum Gasteiger partial charge on any atom is 0.142 e. The molecule has 0 saturated heterocycles. The van der Waals surface area contributed by atoms with Crippen LogP contribution >= 0.6 is 0 Å². The number of aliphatic hydroxyl groups excluding tert-OH is 1. The highest BCUT2D eigenvalue weighted by Crippen LogP contribution is 2.33. The van der Waals surface area contributed by atoms with Crippen LogP contribution in [-0.4, -0.2) is 24.4 Å². The number of nitrogens with one attached hydrogen (secondary N) is 1. The lowest BCUT2D eigenvalue weighted by Crippen LogP contribution is -2.22. The van der Waals surface area contributed by atoms with Gasteiger partial charge in [-0.05, 0) is 44.2 Å². The number of unbranched alkanes of at least 4 members (excludes halogenated alkanes) is 1. The summed E-state index contributed by atoms with van der Waals surface area (Å²) in [6.45, 7) is 3.12. The number of benzene rings is 1. The number of hydrogen-bond acceptors (Lipinski definition) is 3. The summed E-state index contributed by atoms with van der Waals surface area (Å²) in [5.41, 5.74) is 2.51. The molecule has 0 aliphatic carbocycles. The van der Waals surface area contributed by atoms with Crippen LogP contribution in [0, 0.1) is 0 Å². The van der Waals surface area contributed by atoms with Gasteiger partial charge in [0.15, 0.2) is 0 Å². The monoisotopic (exact) mass is 235 g/mol. The SMILES string of the molecule is CC1CCc2cccc(OCCCCO)c2N1. The van der Waals surface area contributed by atoms with Gasteiger partial charge in [0, 0.05) is 12.6 Å². The second-order valence-electron chi connectivity index (χ2n) is 4.65. The van der Waals surface area contributed by atoms with Crippen molar-refractivity contribution in [2.45, 2.75) is 38.6 Å². The molecule has 94 valence electrons. The van der Waals surface area contributed by atoms with Crippen molar-refractivity contribution in [3.05, 3.63) is 23.8 Å². The third kappa shape index (κ3) is 3.13. The minimum Gasteiger partial charge on any atom is -0.491 e. The molecule has 0 radical (unpaired) electrons. The topological polar surface area (TPSA) is 41.5 Å². The van der Waals surface area contributed by atoms with Crippen LogP contribution in [0.15, 0.2) is 18.2 Å². The van der Waals surface area contributed by atoms with E-state index in [1.54, 1.807) is 0 Å². The van der Waals surface area contributed by atoms with Gasteiger partial charge in [0.1, 0.15) is 5.75 Å². The van der Waals surface area contributed by atoms with E-state index in [1.807, 2.05) is 6.07 Å². The molecule has 1 unspecified atom stereocenters. The third-order valence-corrected chi connectivity index (χ3v) is 3.16. The van der Waals surface area contributed by atoms with Crippen molar-refractivity contribution in [1.29, 1.82) is 0 Å². The Bertz CT molecular complexity index is 365. The highest BCUT2D eigenvalue weighted by molar-refractivity contribution is 5.63. The van der Waals surface area contributed by atoms with Crippen molar-refractivity contribution in [3.8, 4) is 5.75 Å². The van der Waals surface area contributed by atoms with Gasteiger partial charge in [0.2, 0.25) is 0 Å². The van der Waals surface area contributed by atoms with Gasteiger partial charge in [-0.2, -0.15) is 0 Å². The average molecular weight is 235 g/mol. The standard InChI is InChI=1S/C14H21NO2/c1-11-7-8-12-5-4-6-13(14(12)15-11)17-10-3-2-9-16/h4-6,11,15-16H,2-3,7-10H2,1H3. The summed E-state index contributed by atoms with van der Waals surface area (Å²) in [5.74, 6) is 0.951. The molecule has 1 aliphatic rings. The molecule has 0 fully saturated rings. The zero-order valence-electron chi connectivity index (χ0n) is 10.4. The van der Waals surface area contributed by atoms with Crippen molar-refractivity contribution in [3.63, 3.8) is 0 Å². The van der Waals surface area contributed by atoms with E-state index in [9.17, 15) is 0 Å². The number of aliphatic hydroxyl groups is 1. The van der Waals surface area contributed by atoms with Crippen molar-refractivity contribution >= 4 is 5.69 Å². The number of anilines is 1. The van der Waals surface area contributed by atoms with E-state index in [0.29, 0.717) is 12.6 Å². The van der Waals surface area contributed by atoms with Crippen LogP contribution in [0.3, 0.4) is 0 Å². The normalized spacial score (nSPS) is 18.4. The number of para-hydroxylation sites is 1. The van der Waals surface area contributed by atoms with Crippen LogP contribution < -0.4 is 10.1 Å². The predicted octanol–water partition coefficient (Wildman–Crippen LogP) is 2.58. The van der Waals surface area contributed by atoms with Gasteiger partial charge in [-0.25, -0.2) is 0 Å². The molecule has 1 aromatic rings. The Hall–Kier alpha value is -1.22. The quantitative estimate of drug-likeness (QED) is 0.771. The smallest absolute Gasteiger partial charge is 0.142 e. The van der Waals surface area contributed by atoms with Crippen LogP contribution in [-0.2, 0) is 6.42 Å². The summed E-state index contributed by atoms with van der Waals surface area (Å²) in [6, 6.07) is 6.75. The number of aryl methyl sites for hydroxylation is 1. The molecular weight excluding hydrogens is 214 g/mol. The summed E-state index contributed by atoms with van der Waals surface area (Å²) in [6.07, 6.45) is 4.01. The molecule has 0 spiro atoms. The zero-order chi connectivity index (χ0) is 12.1. The molecule has 0 aromatic heterocycles. The lowest BCUT2D eigenvalue weighted by Gasteiger charge is -2.26. The van der Waals surface area contributed by atoms with E-state index < -0.39 is 0 Å². The molecule has 2 rings (SSSR count). The Morgan fingerprint density at radius 3 is 3.12 bits per heavy atom. The maximum atomic E-state index is 8.72. The van der Waals surface area contributed by atoms with Gasteiger partial charge in [-0.3, -0.25) is 0 Å². The van der Waals surface area contributed by atoms with Crippen molar-refractivity contribution in [1.82, 2.24) is 0 Å². The Morgan fingerprint density at radius 1 is 1.41 bits per heavy atom. The minimum atomic E-state index is 0.242. The molecule has 1 aliphatic heterocycles. The lowest BCUT2D eigenvalue weighted by atomic mass is 9.98. The van der Waals surface area contributed by atoms with Gasteiger partial charge in [0.25, 0.3) is 0 Å². The number of hydrogen-bond donors (Lipinski definition) is 2. The molecule has 1 aromatic carbocycles. The first kappa shape index (κ1) is 12.2. The largest absolute Gasteiger partial charge is 0.491 e. The molecule has 0 bridgehead atoms. The molecule has 1 atom stereocenters. The van der Waals surface area contributed by atoms with E-state index in [1.165, 1.54) is 12.0 Å². The fourth-order valence-corrected chi connectivity index (χ4v) is 2.16. The second kappa shape index (κ2) is 5.92. The van der Waals surface area contributed by atoms with E-state index in [2.05, 4.69) is 24.4 Å². The van der Waals surface area contributed by atoms with Crippen molar-refractivity contribution < 1.29 is 9.84 Å². The third-order valence-electron chi connectivity index (χ3n) is 3.16. The first-order valence-electron chi connectivity index (χ1n) is 6.43. The first-order valence-corrected chi connectivity index (χ1v) is 6.43. The minimum absolute atomic E-state index is 0.242. The van der Waals surface area contributed by atoms with Crippen LogP contribution in [0.1, 0.15) is 31.7 Å². The molecular formula is C14H21NO2. The molecule has 17 heavy (non-hydrogen) atoms. The molecule has 0 saturated carbocycles. The molecule has 3 nitrogen and oxygen atoms in total. The van der Waals surface area contributed by atoms with Crippen LogP contribution in [0.2, 0.25) is 0 Å². The number of ether oxygens (including phenoxy) is 1. The van der Waals surface area contributed by atoms with Gasteiger partial charge in [-0.15, -0.1) is 0 Å². The van der Waals surface area contributed by atoms with E-state index in [-0.39, 0.29) is 6.61 Å². The lowest BCUT2D eigenvalue weighted by molar-refractivity contribution is 0.253. The van der Waals surface area contributed by atoms with Crippen LogP contribution in [0.5, 0.6) is 5.75 Å². The van der Waals surface area contributed by atoms with E-state index in [0.717, 1.165) is 30.7 Å². The van der Waals surface area contributed by atoms with Crippen molar-refractivity contribution in [2.24, 2.45) is 0 Å². The molecule has 2 N–H and O–H groups in total. The Kier molecular flexibility index (Phi) is 4.26. The van der Waals surface area contributed by atoms with Gasteiger partial charge >= 0.3 is 0 Å². The number of fused-ring (bicyclic) bond motifs is 1. The highest BCUT2D eigenvalue weighted by atomic mass is 16.5. The van der Waals surface area contributed by atoms with E-state index >= 15 is 0 Å². The zero-order valence-corrected chi connectivity index (χ0v) is 10.4. The average Bonchev–Trinajstić information content (AvgIpc) is 2.35. The van der Waals surface area contributed by atoms with Gasteiger partial charge < -0.3 is 15.2 Å². The Morgan fingerprint density at radius 2 is 2.29 bits per heavy atom. The summed E-state index contributed by atoms with van der Waals surface area (Å²) in [5, 5.41) is 12.2. The fraction of sp³-hybridized carbons (Fsp3) is 0.571. The predicted molar refractivity (Wildman–Crippen MR) is 69.7 cm³/mol. The second-order valence-corrected chi connectivity index (χ2v) is 4.65. The summed E-state index contributed by atoms with van der Waals surface area (Å²) in [4.78, 5) is 0. The Balaban J connectivity index is 2.01. The van der Waals surface area contributed by atoms with Gasteiger partial charge in [-0.1, -0.05) is 12.1 Å². The first-order chi connectivity index (χ1) is 8.31. The van der Waals surface area contributed by atoms with Crippen molar-refractivity contribution in [2.75, 3.05) is 18.5 Å². The maximum absolute atomic E-state index is 8.72. The Labute approximate surface area is 103 Å². The summed E-state index contributed by atoms with van der Waals surface area (Å²) >= 11 is 0. The van der Waals surface area contributed by atoms with E-state index in [4.69, 9.17) is 9.84 Å². The summed E-state index contributed by atoms with van der Waals surface area (Å²) < 4.78 is 5.78. The highest BCUT2D eigenvalue weighted by Gasteiger charge is 2.17. The molecule has 0 amide bonds. The van der Waals surface area contributed by atoms with Gasteiger partial charge in [0.05, 0.1) is 12.3 Å². The van der Waals surface area contributed by atoms with Crippen LogP contribution in [0.25, 0.3) is 0 Å².